The van der Waals surface area contributed by atoms with E-state index in [1.165, 1.54) is 29.2 Å². The number of rotatable bonds is 3. The second-order valence-electron chi connectivity index (χ2n) is 3.62. The largest absolute Gasteiger partial charge is 0.264 e. The molecule has 0 saturated carbocycles. The molecule has 1 heterocycles. The van der Waals surface area contributed by atoms with Crippen LogP contribution in [0.25, 0.3) is 10.8 Å². The van der Waals surface area contributed by atoms with E-state index < -0.39 is 0 Å². The number of benzene rings is 1. The van der Waals surface area contributed by atoms with Crippen molar-refractivity contribution < 1.29 is 0 Å². The molecule has 2 aromatic rings. The fourth-order valence-electron chi connectivity index (χ4n) is 1.75. The minimum absolute atomic E-state index is 1.14. The summed E-state index contributed by atoms with van der Waals surface area (Å²) < 4.78 is 0. The van der Waals surface area contributed by atoms with Crippen LogP contribution in [-0.2, 0) is 6.42 Å². The highest BCUT2D eigenvalue weighted by Gasteiger charge is 1.99. The molecule has 0 amide bonds. The molecule has 0 aliphatic rings. The van der Waals surface area contributed by atoms with Crippen LogP contribution in [0.4, 0.5) is 0 Å². The van der Waals surface area contributed by atoms with Crippen LogP contribution < -0.4 is 0 Å². The molecule has 0 atom stereocenters. The molecule has 0 N–H and O–H groups in total. The van der Waals surface area contributed by atoms with Gasteiger partial charge in [-0.3, -0.25) is 4.98 Å². The Morgan fingerprint density at radius 1 is 1.14 bits per heavy atom. The molecule has 0 aliphatic carbocycles. The van der Waals surface area contributed by atoms with E-state index in [0.717, 1.165) is 6.42 Å². The molecule has 0 unspecified atom stereocenters. The van der Waals surface area contributed by atoms with E-state index in [1.54, 1.807) is 0 Å². The molecule has 0 saturated heterocycles. The van der Waals surface area contributed by atoms with Crippen molar-refractivity contribution in [3.05, 3.63) is 42.2 Å². The highest BCUT2D eigenvalue weighted by atomic mass is 14.6. The minimum Gasteiger partial charge on any atom is -0.264 e. The van der Waals surface area contributed by atoms with Gasteiger partial charge in [-0.2, -0.15) is 0 Å². The van der Waals surface area contributed by atoms with Gasteiger partial charge in [0.2, 0.25) is 0 Å². The van der Waals surface area contributed by atoms with Gasteiger partial charge < -0.3 is 0 Å². The molecule has 0 aliphatic heterocycles. The van der Waals surface area contributed by atoms with Gasteiger partial charge in [0.25, 0.3) is 0 Å². The van der Waals surface area contributed by atoms with Gasteiger partial charge in [0, 0.05) is 17.8 Å². The molecule has 0 radical (unpaired) electrons. The first-order chi connectivity index (χ1) is 6.92. The molecule has 0 fully saturated rings. The van der Waals surface area contributed by atoms with Crippen LogP contribution in [0.1, 0.15) is 25.3 Å². The Bertz CT molecular complexity index is 415. The minimum atomic E-state index is 1.14. The lowest BCUT2D eigenvalue weighted by Gasteiger charge is -2.04. The number of hydrogen-bond donors (Lipinski definition) is 0. The van der Waals surface area contributed by atoms with E-state index >= 15 is 0 Å². The summed E-state index contributed by atoms with van der Waals surface area (Å²) in [6.45, 7) is 2.22. The number of fused-ring (bicyclic) bond motifs is 1. The zero-order valence-corrected chi connectivity index (χ0v) is 8.53. The highest BCUT2D eigenvalue weighted by Crippen LogP contribution is 2.18. The van der Waals surface area contributed by atoms with E-state index in [0.29, 0.717) is 0 Å². The number of hydrogen-bond acceptors (Lipinski definition) is 1. The fourth-order valence-corrected chi connectivity index (χ4v) is 1.75. The molecule has 72 valence electrons. The van der Waals surface area contributed by atoms with Gasteiger partial charge in [0.05, 0.1) is 0 Å². The Labute approximate surface area is 84.8 Å². The van der Waals surface area contributed by atoms with Crippen LogP contribution in [0.5, 0.6) is 0 Å². The van der Waals surface area contributed by atoms with Crippen LogP contribution in [0, 0.1) is 0 Å². The van der Waals surface area contributed by atoms with Gasteiger partial charge >= 0.3 is 0 Å². The smallest absolute Gasteiger partial charge is 0.0346 e. The first-order valence-corrected chi connectivity index (χ1v) is 5.23. The molecule has 0 bridgehead atoms. The average molecular weight is 185 g/mol. The fraction of sp³-hybridized carbons (Fsp3) is 0.308. The van der Waals surface area contributed by atoms with Crippen LogP contribution in [0.15, 0.2) is 36.7 Å². The molecule has 2 rings (SSSR count). The average Bonchev–Trinajstić information content (AvgIpc) is 2.26. The summed E-state index contributed by atoms with van der Waals surface area (Å²) in [6, 6.07) is 8.46. The summed E-state index contributed by atoms with van der Waals surface area (Å²) in [4.78, 5) is 4.27. The van der Waals surface area contributed by atoms with Crippen molar-refractivity contribution >= 4 is 10.8 Å². The summed E-state index contributed by atoms with van der Waals surface area (Å²) in [5, 5.41) is 2.61. The predicted octanol–water partition coefficient (Wildman–Crippen LogP) is 3.58. The zero-order chi connectivity index (χ0) is 9.80. The number of unbranched alkanes of at least 4 members (excludes halogenated alkanes) is 1. The Hall–Kier alpha value is -1.37. The molecule has 1 nitrogen and oxygen atoms in total. The van der Waals surface area contributed by atoms with Gasteiger partial charge in [-0.15, -0.1) is 0 Å². The lowest BCUT2D eigenvalue weighted by molar-refractivity contribution is 0.796. The van der Waals surface area contributed by atoms with Crippen molar-refractivity contribution in [2.75, 3.05) is 0 Å². The van der Waals surface area contributed by atoms with Crippen LogP contribution in [-0.4, -0.2) is 4.98 Å². The van der Waals surface area contributed by atoms with E-state index in [9.17, 15) is 0 Å². The van der Waals surface area contributed by atoms with Crippen molar-refractivity contribution in [3.8, 4) is 0 Å². The van der Waals surface area contributed by atoms with E-state index in [2.05, 4.69) is 36.2 Å². The number of nitrogens with zero attached hydrogens (tertiary/aromatic N) is 1. The summed E-state index contributed by atoms with van der Waals surface area (Å²) in [5.41, 5.74) is 1.38. The topological polar surface area (TPSA) is 12.9 Å². The van der Waals surface area contributed by atoms with Crippen molar-refractivity contribution in [2.45, 2.75) is 26.2 Å². The van der Waals surface area contributed by atoms with E-state index in [4.69, 9.17) is 0 Å². The highest BCUT2D eigenvalue weighted by molar-refractivity contribution is 5.84. The van der Waals surface area contributed by atoms with Gasteiger partial charge in [0.15, 0.2) is 0 Å². The van der Waals surface area contributed by atoms with Crippen molar-refractivity contribution in [3.63, 3.8) is 0 Å². The van der Waals surface area contributed by atoms with Crippen LogP contribution >= 0.6 is 0 Å². The van der Waals surface area contributed by atoms with Gasteiger partial charge in [-0.25, -0.2) is 0 Å². The summed E-state index contributed by atoms with van der Waals surface area (Å²) in [6.07, 6.45) is 7.56. The Kier molecular flexibility index (Phi) is 2.78. The first-order valence-electron chi connectivity index (χ1n) is 5.23. The quantitative estimate of drug-likeness (QED) is 0.712. The third kappa shape index (κ3) is 1.77. The molecule has 1 aromatic heterocycles. The first kappa shape index (κ1) is 9.20. The van der Waals surface area contributed by atoms with Crippen molar-refractivity contribution in [1.82, 2.24) is 4.98 Å². The maximum absolute atomic E-state index is 4.27. The van der Waals surface area contributed by atoms with Gasteiger partial charge in [-0.05, 0) is 23.8 Å². The van der Waals surface area contributed by atoms with Crippen molar-refractivity contribution in [2.24, 2.45) is 0 Å². The Morgan fingerprint density at radius 2 is 2.00 bits per heavy atom. The van der Waals surface area contributed by atoms with Crippen molar-refractivity contribution in [1.29, 1.82) is 0 Å². The standard InChI is InChI=1S/C13H15N/c1-2-3-6-11-9-14-10-12-7-4-5-8-13(11)12/h4-5,7-10H,2-3,6H2,1H3. The Balaban J connectivity index is 2.43. The molecular weight excluding hydrogens is 170 g/mol. The maximum Gasteiger partial charge on any atom is 0.0346 e. The monoisotopic (exact) mass is 185 g/mol. The van der Waals surface area contributed by atoms with Crippen LogP contribution in [0.3, 0.4) is 0 Å². The summed E-state index contributed by atoms with van der Waals surface area (Å²) >= 11 is 0. The van der Waals surface area contributed by atoms with E-state index in [1.807, 2.05) is 12.4 Å². The van der Waals surface area contributed by atoms with Gasteiger partial charge in [0.1, 0.15) is 0 Å². The number of pyridine rings is 1. The molecular formula is C13H15N. The predicted molar refractivity (Wildman–Crippen MR) is 60.4 cm³/mol. The Morgan fingerprint density at radius 3 is 2.86 bits per heavy atom. The van der Waals surface area contributed by atoms with Gasteiger partial charge in [-0.1, -0.05) is 37.6 Å². The summed E-state index contributed by atoms with van der Waals surface area (Å²) in [5.74, 6) is 0. The second-order valence-corrected chi connectivity index (χ2v) is 3.62. The third-order valence-corrected chi connectivity index (χ3v) is 2.55. The number of aromatic nitrogens is 1. The normalized spacial score (nSPS) is 10.6. The molecule has 0 spiro atoms. The van der Waals surface area contributed by atoms with Crippen LogP contribution in [0.2, 0.25) is 0 Å². The summed E-state index contributed by atoms with van der Waals surface area (Å²) in [7, 11) is 0. The molecule has 1 heteroatoms. The lowest BCUT2D eigenvalue weighted by atomic mass is 10.0. The lowest BCUT2D eigenvalue weighted by Crippen LogP contribution is -1.88. The molecule has 14 heavy (non-hydrogen) atoms. The molecule has 1 aromatic carbocycles. The maximum atomic E-state index is 4.27. The zero-order valence-electron chi connectivity index (χ0n) is 8.53. The third-order valence-electron chi connectivity index (χ3n) is 2.55. The number of aryl methyl sites for hydroxylation is 1. The van der Waals surface area contributed by atoms with E-state index in [-0.39, 0.29) is 0 Å². The SMILES string of the molecule is CCCCc1cncc2ccccc12. The second kappa shape index (κ2) is 4.23.